The molecule has 0 aromatic carbocycles. The van der Waals surface area contributed by atoms with Gasteiger partial charge in [0.25, 0.3) is 5.91 Å². The van der Waals surface area contributed by atoms with Gasteiger partial charge in [0.05, 0.1) is 12.2 Å². The first-order chi connectivity index (χ1) is 9.52. The fraction of sp³-hybridized carbons (Fsp3) is 0.600. The van der Waals surface area contributed by atoms with E-state index in [4.69, 9.17) is 16.3 Å². The fourth-order valence-electron chi connectivity index (χ4n) is 2.90. The first kappa shape index (κ1) is 13.8. The van der Waals surface area contributed by atoms with Gasteiger partial charge in [0.15, 0.2) is 0 Å². The second kappa shape index (κ2) is 5.34. The molecule has 0 saturated carbocycles. The third kappa shape index (κ3) is 2.67. The maximum Gasteiger partial charge on any atom is 0.254 e. The normalized spacial score (nSPS) is 25.3. The Morgan fingerprint density at radius 3 is 2.60 bits per heavy atom. The highest BCUT2D eigenvalue weighted by Crippen LogP contribution is 2.28. The van der Waals surface area contributed by atoms with Crippen LogP contribution in [0.2, 0.25) is 5.15 Å². The van der Waals surface area contributed by atoms with Crippen LogP contribution in [-0.2, 0) is 4.74 Å². The Labute approximate surface area is 124 Å². The summed E-state index contributed by atoms with van der Waals surface area (Å²) in [6.07, 6.45) is 2.53. The second-order valence-corrected chi connectivity index (χ2v) is 6.31. The van der Waals surface area contributed by atoms with Crippen LogP contribution in [0.15, 0.2) is 12.1 Å². The van der Waals surface area contributed by atoms with Crippen LogP contribution in [0.5, 0.6) is 0 Å². The van der Waals surface area contributed by atoms with E-state index in [1.807, 2.05) is 24.8 Å². The first-order valence-corrected chi connectivity index (χ1v) is 7.53. The average Bonchev–Trinajstić information content (AvgIpc) is 2.75. The molecule has 2 fully saturated rings. The van der Waals surface area contributed by atoms with Gasteiger partial charge in [-0.2, -0.15) is 0 Å². The number of hydrogen-bond donors (Lipinski definition) is 0. The molecule has 2 atom stereocenters. The van der Waals surface area contributed by atoms with E-state index >= 15 is 0 Å². The number of nitrogens with zero attached hydrogens (tertiary/aromatic N) is 2. The number of amides is 1. The lowest BCUT2D eigenvalue weighted by molar-refractivity contribution is -0.0303. The zero-order valence-electron chi connectivity index (χ0n) is 11.8. The first-order valence-electron chi connectivity index (χ1n) is 7.15. The van der Waals surface area contributed by atoms with Gasteiger partial charge >= 0.3 is 0 Å². The van der Waals surface area contributed by atoms with Gasteiger partial charge in [-0.3, -0.25) is 4.79 Å². The number of ether oxygens (including phenoxy) is 1. The van der Waals surface area contributed by atoms with Crippen molar-refractivity contribution in [3.05, 3.63) is 28.5 Å². The molecule has 2 saturated heterocycles. The van der Waals surface area contributed by atoms with Crippen molar-refractivity contribution in [2.24, 2.45) is 0 Å². The van der Waals surface area contributed by atoms with Crippen LogP contribution >= 0.6 is 11.6 Å². The number of rotatable bonds is 2. The van der Waals surface area contributed by atoms with Crippen LogP contribution in [0.3, 0.4) is 0 Å². The van der Waals surface area contributed by atoms with Gasteiger partial charge in [0, 0.05) is 24.3 Å². The standard InChI is InChI=1S/C15H19ClN2O2/c1-9(2)13-5-10(6-14(16)17-13)15(19)18-7-11-3-4-12(8-18)20-11/h5-6,9,11-12H,3-4,7-8H2,1-2H3. The largest absolute Gasteiger partial charge is 0.371 e. The molecule has 0 aliphatic carbocycles. The molecule has 2 bridgehead atoms. The molecule has 2 unspecified atom stereocenters. The summed E-state index contributed by atoms with van der Waals surface area (Å²) in [6, 6.07) is 3.52. The number of halogens is 1. The van der Waals surface area contributed by atoms with Crippen LogP contribution in [0.4, 0.5) is 0 Å². The van der Waals surface area contributed by atoms with Gasteiger partial charge in [-0.15, -0.1) is 0 Å². The maximum absolute atomic E-state index is 12.6. The summed E-state index contributed by atoms with van der Waals surface area (Å²) >= 11 is 6.04. The molecule has 0 spiro atoms. The van der Waals surface area contributed by atoms with Gasteiger partial charge < -0.3 is 9.64 Å². The van der Waals surface area contributed by atoms with Crippen LogP contribution in [0.1, 0.15) is 48.7 Å². The predicted molar refractivity (Wildman–Crippen MR) is 77.1 cm³/mol. The third-order valence-electron chi connectivity index (χ3n) is 3.98. The zero-order chi connectivity index (χ0) is 14.3. The van der Waals surface area contributed by atoms with E-state index in [9.17, 15) is 4.79 Å². The number of morpholine rings is 1. The third-order valence-corrected chi connectivity index (χ3v) is 4.18. The predicted octanol–water partition coefficient (Wildman–Crippen LogP) is 2.86. The summed E-state index contributed by atoms with van der Waals surface area (Å²) < 4.78 is 5.77. The number of aromatic nitrogens is 1. The highest BCUT2D eigenvalue weighted by Gasteiger charge is 2.36. The number of hydrogen-bond acceptors (Lipinski definition) is 3. The zero-order valence-corrected chi connectivity index (χ0v) is 12.6. The van der Waals surface area contributed by atoms with E-state index in [1.54, 1.807) is 6.07 Å². The lowest BCUT2D eigenvalue weighted by Crippen LogP contribution is -2.45. The Bertz CT molecular complexity index is 521. The fourth-order valence-corrected chi connectivity index (χ4v) is 3.11. The van der Waals surface area contributed by atoms with Crippen LogP contribution in [0.25, 0.3) is 0 Å². The quantitative estimate of drug-likeness (QED) is 0.788. The Balaban J connectivity index is 1.83. The van der Waals surface area contributed by atoms with Crippen molar-refractivity contribution >= 4 is 17.5 Å². The second-order valence-electron chi connectivity index (χ2n) is 5.93. The molecule has 0 N–H and O–H groups in total. The number of fused-ring (bicyclic) bond motifs is 2. The summed E-state index contributed by atoms with van der Waals surface area (Å²) in [5.41, 5.74) is 1.49. The Kier molecular flexibility index (Phi) is 3.69. The minimum Gasteiger partial charge on any atom is -0.371 e. The summed E-state index contributed by atoms with van der Waals surface area (Å²) in [7, 11) is 0. The monoisotopic (exact) mass is 294 g/mol. The van der Waals surface area contributed by atoms with Crippen LogP contribution in [0, 0.1) is 0 Å². The maximum atomic E-state index is 12.6. The molecule has 1 amide bonds. The highest BCUT2D eigenvalue weighted by atomic mass is 35.5. The van der Waals surface area contributed by atoms with Gasteiger partial charge in [-0.25, -0.2) is 4.98 Å². The van der Waals surface area contributed by atoms with E-state index in [0.29, 0.717) is 23.8 Å². The van der Waals surface area contributed by atoms with E-state index in [2.05, 4.69) is 4.98 Å². The highest BCUT2D eigenvalue weighted by molar-refractivity contribution is 6.29. The number of carbonyl (C=O) groups excluding carboxylic acids is 1. The van der Waals surface area contributed by atoms with Crippen molar-refractivity contribution < 1.29 is 9.53 Å². The minimum absolute atomic E-state index is 0.0383. The average molecular weight is 295 g/mol. The number of likely N-dealkylation sites (tertiary alicyclic amines) is 1. The summed E-state index contributed by atoms with van der Waals surface area (Å²) in [5, 5.41) is 0.385. The molecule has 20 heavy (non-hydrogen) atoms. The van der Waals surface area contributed by atoms with Gasteiger partial charge in [0.1, 0.15) is 5.15 Å². The lowest BCUT2D eigenvalue weighted by Gasteiger charge is -2.32. The molecular weight excluding hydrogens is 276 g/mol. The SMILES string of the molecule is CC(C)c1cc(C(=O)N2CC3CCC(C2)O3)cc(Cl)n1. The van der Waals surface area contributed by atoms with Crippen LogP contribution in [-0.4, -0.2) is 41.1 Å². The van der Waals surface area contributed by atoms with Gasteiger partial charge in [-0.05, 0) is 30.9 Å². The Morgan fingerprint density at radius 1 is 1.35 bits per heavy atom. The molecule has 0 radical (unpaired) electrons. The summed E-state index contributed by atoms with van der Waals surface area (Å²) in [4.78, 5) is 18.8. The number of pyridine rings is 1. The van der Waals surface area contributed by atoms with Crippen molar-refractivity contribution in [1.29, 1.82) is 0 Å². The molecule has 2 aliphatic heterocycles. The lowest BCUT2D eigenvalue weighted by atomic mass is 10.1. The molecule has 1 aromatic rings. The minimum atomic E-state index is 0.0383. The summed E-state index contributed by atoms with van der Waals surface area (Å²) in [6.45, 7) is 5.46. The number of carbonyl (C=O) groups is 1. The molecule has 3 heterocycles. The van der Waals surface area contributed by atoms with Crippen LogP contribution < -0.4 is 0 Å². The molecule has 2 aliphatic rings. The van der Waals surface area contributed by atoms with Crippen molar-refractivity contribution in [1.82, 2.24) is 9.88 Å². The van der Waals surface area contributed by atoms with Crippen molar-refractivity contribution in [2.75, 3.05) is 13.1 Å². The topological polar surface area (TPSA) is 42.4 Å². The van der Waals surface area contributed by atoms with Crippen molar-refractivity contribution in [3.63, 3.8) is 0 Å². The van der Waals surface area contributed by atoms with Gasteiger partial charge in [-0.1, -0.05) is 25.4 Å². The molecule has 108 valence electrons. The van der Waals surface area contributed by atoms with Crippen molar-refractivity contribution in [3.8, 4) is 0 Å². The molecule has 3 rings (SSSR count). The smallest absolute Gasteiger partial charge is 0.254 e. The van der Waals surface area contributed by atoms with E-state index in [-0.39, 0.29) is 24.0 Å². The molecule has 1 aromatic heterocycles. The van der Waals surface area contributed by atoms with Crippen molar-refractivity contribution in [2.45, 2.75) is 44.8 Å². The summed E-state index contributed by atoms with van der Waals surface area (Å²) in [5.74, 6) is 0.289. The Morgan fingerprint density at radius 2 is 2.00 bits per heavy atom. The molecular formula is C15H19ClN2O2. The Hall–Kier alpha value is -1.13. The van der Waals surface area contributed by atoms with E-state index < -0.39 is 0 Å². The van der Waals surface area contributed by atoms with Gasteiger partial charge in [0.2, 0.25) is 0 Å². The van der Waals surface area contributed by atoms with E-state index in [1.165, 1.54) is 0 Å². The molecule has 5 heteroatoms. The molecule has 4 nitrogen and oxygen atoms in total. The van der Waals surface area contributed by atoms with E-state index in [0.717, 1.165) is 18.5 Å².